The number of halogens is 1. The molecule has 1 unspecified atom stereocenters. The Morgan fingerprint density at radius 2 is 1.85 bits per heavy atom. The average Bonchev–Trinajstić information content (AvgIpc) is 2.42. The van der Waals surface area contributed by atoms with E-state index in [4.69, 9.17) is 0 Å². The fourth-order valence-corrected chi connectivity index (χ4v) is 1.91. The maximum Gasteiger partial charge on any atom is 0.123 e. The van der Waals surface area contributed by atoms with Crippen molar-refractivity contribution in [3.8, 4) is 0 Å². The molecular formula is C16H27FN2O. The molecule has 0 amide bonds. The lowest BCUT2D eigenvalue weighted by Gasteiger charge is -2.20. The average molecular weight is 282 g/mol. The molecule has 20 heavy (non-hydrogen) atoms. The Kier molecular flexibility index (Phi) is 7.73. The van der Waals surface area contributed by atoms with E-state index in [2.05, 4.69) is 31.1 Å². The van der Waals surface area contributed by atoms with Gasteiger partial charge in [0, 0.05) is 12.6 Å². The van der Waals surface area contributed by atoms with Gasteiger partial charge in [0.15, 0.2) is 0 Å². The summed E-state index contributed by atoms with van der Waals surface area (Å²) in [5, 5.41) is 13.2. The van der Waals surface area contributed by atoms with Crippen molar-refractivity contribution >= 4 is 0 Å². The van der Waals surface area contributed by atoms with E-state index in [1.165, 1.54) is 12.1 Å². The topological polar surface area (TPSA) is 35.5 Å². The molecule has 0 fully saturated rings. The predicted octanol–water partition coefficient (Wildman–Crippen LogP) is 2.57. The third-order valence-electron chi connectivity index (χ3n) is 3.59. The number of unbranched alkanes of at least 4 members (excludes halogenated alkanes) is 1. The van der Waals surface area contributed by atoms with Crippen LogP contribution in [0.3, 0.4) is 0 Å². The van der Waals surface area contributed by atoms with Crippen LogP contribution in [0.1, 0.15) is 38.4 Å². The molecule has 0 saturated carbocycles. The molecule has 3 nitrogen and oxygen atoms in total. The summed E-state index contributed by atoms with van der Waals surface area (Å²) in [7, 11) is 2.14. The van der Waals surface area contributed by atoms with E-state index < -0.39 is 6.10 Å². The van der Waals surface area contributed by atoms with E-state index in [1.54, 1.807) is 12.1 Å². The Morgan fingerprint density at radius 1 is 1.20 bits per heavy atom. The second kappa shape index (κ2) is 9.06. The standard InChI is InChI=1S/C16H27FN2O/c1-13(2)19(3)11-5-4-10-18-12-16(20)14-6-8-15(17)9-7-14/h6-9,13,16,18,20H,4-5,10-12H2,1-3H3. The Morgan fingerprint density at radius 3 is 2.45 bits per heavy atom. The molecule has 1 atom stereocenters. The monoisotopic (exact) mass is 282 g/mol. The number of nitrogens with zero attached hydrogens (tertiary/aromatic N) is 1. The summed E-state index contributed by atoms with van der Waals surface area (Å²) in [5.74, 6) is -0.275. The summed E-state index contributed by atoms with van der Waals surface area (Å²) in [5.41, 5.74) is 0.749. The molecule has 1 aromatic rings. The highest BCUT2D eigenvalue weighted by Crippen LogP contribution is 2.12. The van der Waals surface area contributed by atoms with E-state index in [-0.39, 0.29) is 5.82 Å². The first kappa shape index (κ1) is 17.1. The number of benzene rings is 1. The van der Waals surface area contributed by atoms with Crippen LogP contribution >= 0.6 is 0 Å². The van der Waals surface area contributed by atoms with Crippen molar-refractivity contribution < 1.29 is 9.50 Å². The lowest BCUT2D eigenvalue weighted by Crippen LogP contribution is -2.28. The van der Waals surface area contributed by atoms with Crippen LogP contribution in [0.5, 0.6) is 0 Å². The normalized spacial score (nSPS) is 13.2. The third-order valence-corrected chi connectivity index (χ3v) is 3.59. The quantitative estimate of drug-likeness (QED) is 0.683. The van der Waals surface area contributed by atoms with E-state index in [1.807, 2.05) is 0 Å². The van der Waals surface area contributed by atoms with Crippen LogP contribution in [0.2, 0.25) is 0 Å². The highest BCUT2D eigenvalue weighted by Gasteiger charge is 2.07. The Labute approximate surface area is 121 Å². The summed E-state index contributed by atoms with van der Waals surface area (Å²) in [6.07, 6.45) is 1.66. The van der Waals surface area contributed by atoms with Crippen LogP contribution in [-0.2, 0) is 0 Å². The zero-order chi connectivity index (χ0) is 15.0. The highest BCUT2D eigenvalue weighted by atomic mass is 19.1. The minimum absolute atomic E-state index is 0.275. The molecule has 0 bridgehead atoms. The van der Waals surface area contributed by atoms with Crippen LogP contribution in [0.15, 0.2) is 24.3 Å². The first-order valence-electron chi connectivity index (χ1n) is 7.35. The van der Waals surface area contributed by atoms with Crippen molar-refractivity contribution in [2.75, 3.05) is 26.7 Å². The summed E-state index contributed by atoms with van der Waals surface area (Å²) >= 11 is 0. The molecular weight excluding hydrogens is 255 g/mol. The fourth-order valence-electron chi connectivity index (χ4n) is 1.91. The first-order valence-corrected chi connectivity index (χ1v) is 7.35. The van der Waals surface area contributed by atoms with Crippen LogP contribution in [0, 0.1) is 5.82 Å². The largest absolute Gasteiger partial charge is 0.387 e. The van der Waals surface area contributed by atoms with Gasteiger partial charge in [0.05, 0.1) is 6.10 Å². The van der Waals surface area contributed by atoms with Crippen molar-refractivity contribution in [3.05, 3.63) is 35.6 Å². The van der Waals surface area contributed by atoms with Gasteiger partial charge in [-0.15, -0.1) is 0 Å². The van der Waals surface area contributed by atoms with Crippen LogP contribution in [0.4, 0.5) is 4.39 Å². The minimum atomic E-state index is -0.575. The molecule has 0 aliphatic carbocycles. The van der Waals surface area contributed by atoms with E-state index in [0.29, 0.717) is 12.6 Å². The number of rotatable bonds is 9. The van der Waals surface area contributed by atoms with Gasteiger partial charge in [-0.25, -0.2) is 4.39 Å². The van der Waals surface area contributed by atoms with Crippen molar-refractivity contribution in [3.63, 3.8) is 0 Å². The molecule has 0 heterocycles. The van der Waals surface area contributed by atoms with Gasteiger partial charge in [-0.1, -0.05) is 12.1 Å². The van der Waals surface area contributed by atoms with Gasteiger partial charge in [0.2, 0.25) is 0 Å². The Balaban J connectivity index is 2.10. The van der Waals surface area contributed by atoms with Gasteiger partial charge in [-0.3, -0.25) is 0 Å². The van der Waals surface area contributed by atoms with Crippen molar-refractivity contribution in [1.82, 2.24) is 10.2 Å². The molecule has 114 valence electrons. The molecule has 0 saturated heterocycles. The molecule has 0 aromatic heterocycles. The smallest absolute Gasteiger partial charge is 0.123 e. The van der Waals surface area contributed by atoms with E-state index in [0.717, 1.165) is 31.5 Å². The van der Waals surface area contributed by atoms with E-state index in [9.17, 15) is 9.50 Å². The molecule has 0 radical (unpaired) electrons. The summed E-state index contributed by atoms with van der Waals surface area (Å²) in [6.45, 7) is 6.88. The zero-order valence-corrected chi connectivity index (χ0v) is 12.8. The molecule has 0 aliphatic rings. The predicted molar refractivity (Wildman–Crippen MR) is 81.2 cm³/mol. The lowest BCUT2D eigenvalue weighted by molar-refractivity contribution is 0.174. The number of nitrogens with one attached hydrogen (secondary N) is 1. The summed E-state index contributed by atoms with van der Waals surface area (Å²) in [6, 6.07) is 6.59. The highest BCUT2D eigenvalue weighted by molar-refractivity contribution is 5.18. The molecule has 1 aromatic carbocycles. The zero-order valence-electron chi connectivity index (χ0n) is 12.8. The number of hydrogen-bond donors (Lipinski definition) is 2. The van der Waals surface area contributed by atoms with Crippen molar-refractivity contribution in [2.45, 2.75) is 38.8 Å². The van der Waals surface area contributed by atoms with Gasteiger partial charge < -0.3 is 15.3 Å². The Hall–Kier alpha value is -0.970. The Bertz CT molecular complexity index is 367. The SMILES string of the molecule is CC(C)N(C)CCCCNCC(O)c1ccc(F)cc1. The molecule has 2 N–H and O–H groups in total. The minimum Gasteiger partial charge on any atom is -0.387 e. The fraction of sp³-hybridized carbons (Fsp3) is 0.625. The van der Waals surface area contributed by atoms with Gasteiger partial charge in [-0.05, 0) is 64.5 Å². The maximum atomic E-state index is 12.8. The van der Waals surface area contributed by atoms with Crippen LogP contribution in [-0.4, -0.2) is 42.7 Å². The van der Waals surface area contributed by atoms with Crippen molar-refractivity contribution in [2.24, 2.45) is 0 Å². The second-order valence-electron chi connectivity index (χ2n) is 5.55. The molecule has 4 heteroatoms. The molecule has 0 spiro atoms. The number of aliphatic hydroxyl groups excluding tert-OH is 1. The van der Waals surface area contributed by atoms with E-state index >= 15 is 0 Å². The second-order valence-corrected chi connectivity index (χ2v) is 5.55. The maximum absolute atomic E-state index is 12.8. The van der Waals surface area contributed by atoms with Gasteiger partial charge in [0.1, 0.15) is 5.82 Å². The number of aliphatic hydroxyl groups is 1. The molecule has 1 rings (SSSR count). The third kappa shape index (κ3) is 6.46. The summed E-state index contributed by atoms with van der Waals surface area (Å²) < 4.78 is 12.8. The van der Waals surface area contributed by atoms with Crippen molar-refractivity contribution in [1.29, 1.82) is 0 Å². The molecule has 0 aliphatic heterocycles. The summed E-state index contributed by atoms with van der Waals surface area (Å²) in [4.78, 5) is 2.33. The van der Waals surface area contributed by atoms with Gasteiger partial charge in [0.25, 0.3) is 0 Å². The van der Waals surface area contributed by atoms with Crippen LogP contribution < -0.4 is 5.32 Å². The van der Waals surface area contributed by atoms with Crippen LogP contribution in [0.25, 0.3) is 0 Å². The number of hydrogen-bond acceptors (Lipinski definition) is 3. The first-order chi connectivity index (χ1) is 9.50. The lowest BCUT2D eigenvalue weighted by atomic mass is 10.1. The van der Waals surface area contributed by atoms with Gasteiger partial charge >= 0.3 is 0 Å². The van der Waals surface area contributed by atoms with Gasteiger partial charge in [-0.2, -0.15) is 0 Å².